The van der Waals surface area contributed by atoms with Gasteiger partial charge in [-0.05, 0) is 36.4 Å². The van der Waals surface area contributed by atoms with Crippen molar-refractivity contribution in [2.75, 3.05) is 0 Å². The summed E-state index contributed by atoms with van der Waals surface area (Å²) in [7, 11) is 0. The van der Waals surface area contributed by atoms with Crippen LogP contribution in [0.25, 0.3) is 65.4 Å². The average molecular weight is 748 g/mol. The van der Waals surface area contributed by atoms with Crippen molar-refractivity contribution in [1.29, 1.82) is 0 Å². The van der Waals surface area contributed by atoms with Crippen LogP contribution in [-0.4, -0.2) is 57.2 Å². The Morgan fingerprint density at radius 2 is 0.395 bits per heavy atom. The van der Waals surface area contributed by atoms with Crippen molar-refractivity contribution in [3.8, 4) is 0 Å². The van der Waals surface area contributed by atoms with Gasteiger partial charge in [-0.1, -0.05) is 72.8 Å². The van der Waals surface area contributed by atoms with Gasteiger partial charge in [-0.15, -0.1) is 0 Å². The minimum Gasteiger partial charge on any atom is -0.254 e. The molecule has 0 bridgehead atoms. The molecule has 9 aromatic rings. The predicted octanol–water partition coefficient (Wildman–Crippen LogP) is 7.97. The molecule has 0 saturated heterocycles. The third-order valence-corrected chi connectivity index (χ3v) is 7.03. The van der Waals surface area contributed by atoms with E-state index in [0.717, 1.165) is 65.4 Å². The fourth-order valence-corrected chi connectivity index (χ4v) is 5.04. The molecule has 0 N–H and O–H groups in total. The zero-order chi connectivity index (χ0) is 28.1. The third-order valence-electron chi connectivity index (χ3n) is 7.03. The molecule has 6 aromatic heterocycles. The molecule has 7 heteroatoms. The second kappa shape index (κ2) is 12.9. The molecular weight excluding hydrogens is 724 g/mol. The van der Waals surface area contributed by atoms with Crippen molar-refractivity contribution in [2.45, 2.75) is 0 Å². The van der Waals surface area contributed by atoms with E-state index in [0.29, 0.717) is 0 Å². The van der Waals surface area contributed by atoms with Crippen LogP contribution in [0.3, 0.4) is 0 Å². The Morgan fingerprint density at radius 1 is 0.233 bits per heavy atom. The Hall–Kier alpha value is -4.96. The molecule has 0 spiro atoms. The molecule has 0 atom stereocenters. The van der Waals surface area contributed by atoms with Crippen molar-refractivity contribution in [3.63, 3.8) is 0 Å². The van der Waals surface area contributed by atoms with Crippen LogP contribution in [0.5, 0.6) is 0 Å². The van der Waals surface area contributed by atoms with Crippen LogP contribution in [0.15, 0.2) is 146 Å². The van der Waals surface area contributed by atoms with Gasteiger partial charge in [0.2, 0.25) is 0 Å². The average Bonchev–Trinajstić information content (AvgIpc) is 3.09. The minimum atomic E-state index is 0. The van der Waals surface area contributed by atoms with Crippen molar-refractivity contribution in [3.05, 3.63) is 146 Å². The summed E-state index contributed by atoms with van der Waals surface area (Å²) in [5.41, 5.74) is 5.86. The quantitative estimate of drug-likeness (QED) is 0.116. The van der Waals surface area contributed by atoms with Crippen LogP contribution in [0, 0.1) is 0 Å². The molecule has 0 amide bonds. The second-order valence-electron chi connectivity index (χ2n) is 9.65. The second-order valence-corrected chi connectivity index (χ2v) is 9.65. The maximum atomic E-state index is 4.35. The molecule has 0 fully saturated rings. The molecule has 0 aliphatic rings. The molecule has 0 aliphatic heterocycles. The van der Waals surface area contributed by atoms with Crippen LogP contribution in [0.4, 0.5) is 0 Å². The largest absolute Gasteiger partial charge is 0.254 e. The van der Waals surface area contributed by atoms with Gasteiger partial charge in [0, 0.05) is 96.8 Å². The van der Waals surface area contributed by atoms with E-state index in [1.54, 1.807) is 37.2 Å². The number of hydrogen-bond acceptors (Lipinski definition) is 6. The van der Waals surface area contributed by atoms with Crippen molar-refractivity contribution in [2.24, 2.45) is 0 Å². The van der Waals surface area contributed by atoms with Gasteiger partial charge in [0.15, 0.2) is 0 Å². The van der Waals surface area contributed by atoms with Gasteiger partial charge in [-0.3, -0.25) is 29.9 Å². The predicted molar refractivity (Wildman–Crippen MR) is 177 cm³/mol. The zero-order valence-corrected chi connectivity index (χ0v) is 26.9. The normalized spacial score (nSPS) is 10.6. The van der Waals surface area contributed by atoms with E-state index in [2.05, 4.69) is 103 Å². The standard InChI is InChI=1S/3C12H8N2.Pb/c3*1-3-9-5-6-10-4-2-8-14-12(10)11(9)13-7-1;/h3*1-8H;. The zero-order valence-electron chi connectivity index (χ0n) is 23.0. The molecule has 202 valence electrons. The molecule has 0 unspecified atom stereocenters. The van der Waals surface area contributed by atoms with Crippen molar-refractivity contribution >= 4 is 92.7 Å². The number of fused-ring (bicyclic) bond motifs is 9. The van der Waals surface area contributed by atoms with Crippen LogP contribution >= 0.6 is 0 Å². The minimum absolute atomic E-state index is 0. The van der Waals surface area contributed by atoms with Crippen LogP contribution in [0.2, 0.25) is 0 Å². The fraction of sp³-hybridized carbons (Fsp3) is 0. The molecule has 6 heterocycles. The first-order valence-electron chi connectivity index (χ1n) is 13.6. The molecule has 4 radical (unpaired) electrons. The number of benzene rings is 3. The van der Waals surface area contributed by atoms with E-state index in [1.165, 1.54) is 0 Å². The monoisotopic (exact) mass is 748 g/mol. The van der Waals surface area contributed by atoms with E-state index in [4.69, 9.17) is 0 Å². The van der Waals surface area contributed by atoms with E-state index in [-0.39, 0.29) is 27.3 Å². The first kappa shape index (κ1) is 28.2. The summed E-state index contributed by atoms with van der Waals surface area (Å²) in [5, 5.41) is 6.83. The van der Waals surface area contributed by atoms with Crippen molar-refractivity contribution < 1.29 is 0 Å². The van der Waals surface area contributed by atoms with Gasteiger partial charge in [0.1, 0.15) is 0 Å². The summed E-state index contributed by atoms with van der Waals surface area (Å²) >= 11 is 0. The first-order chi connectivity index (χ1) is 20.8. The summed E-state index contributed by atoms with van der Waals surface area (Å²) in [6.07, 6.45) is 10.8. The van der Waals surface area contributed by atoms with Crippen LogP contribution in [0.1, 0.15) is 0 Å². The van der Waals surface area contributed by atoms with Gasteiger partial charge < -0.3 is 0 Å². The summed E-state index contributed by atoms with van der Waals surface area (Å²) in [6.45, 7) is 0. The number of aromatic nitrogens is 6. The summed E-state index contributed by atoms with van der Waals surface area (Å²) < 4.78 is 0. The topological polar surface area (TPSA) is 77.3 Å². The van der Waals surface area contributed by atoms with Gasteiger partial charge >= 0.3 is 0 Å². The first-order valence-corrected chi connectivity index (χ1v) is 13.6. The smallest absolute Gasteiger partial charge is 0.0964 e. The van der Waals surface area contributed by atoms with Gasteiger partial charge in [0.05, 0.1) is 33.1 Å². The third kappa shape index (κ3) is 5.87. The number of nitrogens with zero attached hydrogens (tertiary/aromatic N) is 6. The Kier molecular flexibility index (Phi) is 8.46. The van der Waals surface area contributed by atoms with Crippen LogP contribution < -0.4 is 0 Å². The van der Waals surface area contributed by atoms with E-state index < -0.39 is 0 Å². The van der Waals surface area contributed by atoms with Gasteiger partial charge in [0.25, 0.3) is 0 Å². The summed E-state index contributed by atoms with van der Waals surface area (Å²) in [4.78, 5) is 26.1. The van der Waals surface area contributed by atoms with Gasteiger partial charge in [-0.2, -0.15) is 0 Å². The molecular formula is C36H24N6Pb. The maximum absolute atomic E-state index is 4.35. The maximum Gasteiger partial charge on any atom is 0.0964 e. The van der Waals surface area contributed by atoms with E-state index in [9.17, 15) is 0 Å². The number of pyridine rings is 6. The molecule has 6 nitrogen and oxygen atoms in total. The Balaban J connectivity index is 0.000000113. The van der Waals surface area contributed by atoms with Crippen LogP contribution in [-0.2, 0) is 0 Å². The van der Waals surface area contributed by atoms with E-state index in [1.807, 2.05) is 36.4 Å². The molecule has 43 heavy (non-hydrogen) atoms. The van der Waals surface area contributed by atoms with Crippen molar-refractivity contribution in [1.82, 2.24) is 29.9 Å². The fourth-order valence-electron chi connectivity index (χ4n) is 5.04. The molecule has 0 aliphatic carbocycles. The van der Waals surface area contributed by atoms with E-state index >= 15 is 0 Å². The Morgan fingerprint density at radius 3 is 0.558 bits per heavy atom. The molecule has 9 rings (SSSR count). The van der Waals surface area contributed by atoms with Gasteiger partial charge in [-0.25, -0.2) is 0 Å². The SMILES string of the molecule is [Pb].c1cnc2c(c1)ccc1cccnc12.c1cnc2c(c1)ccc1cccnc12.c1cnc2c(c1)ccc1cccnc12. The Bertz CT molecular complexity index is 1910. The summed E-state index contributed by atoms with van der Waals surface area (Å²) in [6, 6.07) is 36.4. The molecule has 0 saturated carbocycles. The molecule has 3 aromatic carbocycles. The Labute approximate surface area is 267 Å². The number of rotatable bonds is 0. The summed E-state index contributed by atoms with van der Waals surface area (Å²) in [5.74, 6) is 0. The number of hydrogen-bond donors (Lipinski definition) is 0.